The highest BCUT2D eigenvalue weighted by Crippen LogP contribution is 2.40. The number of anilines is 2. The zero-order valence-corrected chi connectivity index (χ0v) is 21.7. The number of benzene rings is 1. The summed E-state index contributed by atoms with van der Waals surface area (Å²) < 4.78 is 43.7. The van der Waals surface area contributed by atoms with Crippen LogP contribution >= 0.6 is 0 Å². The van der Waals surface area contributed by atoms with Crippen molar-refractivity contribution in [2.24, 2.45) is 0 Å². The number of sulfone groups is 1. The number of hydrogen-bond donors (Lipinski definition) is 1. The van der Waals surface area contributed by atoms with Crippen molar-refractivity contribution in [1.82, 2.24) is 19.5 Å². The molecule has 0 bridgehead atoms. The Balaban J connectivity index is 1.76. The van der Waals surface area contributed by atoms with Gasteiger partial charge in [-0.05, 0) is 26.0 Å². The molecule has 1 saturated heterocycles. The second-order valence-corrected chi connectivity index (χ2v) is 12.0. The van der Waals surface area contributed by atoms with Crippen LogP contribution in [0.5, 0.6) is 5.75 Å². The molecule has 0 aliphatic carbocycles. The van der Waals surface area contributed by atoms with Crippen LogP contribution in [0.3, 0.4) is 0 Å². The number of aromatic nitrogens is 4. The SMILES string of the molecule is CC(C)(c1nc(-n2c(N3CCOCC3)nc3ccccc32)nc2c1OCCCOCCN2)S(C)(=O)=O. The minimum atomic E-state index is -3.56. The van der Waals surface area contributed by atoms with E-state index in [1.165, 1.54) is 6.26 Å². The standard InChI is InChI=1S/C24H32N6O5S/c1-24(2,36(3,31)32)20-19-21(25-9-14-33-12-6-13-35-19)28-22(27-20)30-18-8-5-4-7-17(18)26-23(30)29-10-15-34-16-11-29/h4-5,7-8H,6,9-16H2,1-3H3,(H,25,27,28). The van der Waals surface area contributed by atoms with Crippen molar-refractivity contribution in [3.05, 3.63) is 30.0 Å². The molecular formula is C24H32N6O5S. The summed E-state index contributed by atoms with van der Waals surface area (Å²) in [5, 5.41) is 3.28. The van der Waals surface area contributed by atoms with Crippen LogP contribution in [-0.2, 0) is 24.1 Å². The Morgan fingerprint density at radius 3 is 2.50 bits per heavy atom. The lowest BCUT2D eigenvalue weighted by molar-refractivity contribution is 0.122. The summed E-state index contributed by atoms with van der Waals surface area (Å²) in [6, 6.07) is 7.77. The molecule has 1 fully saturated rings. The van der Waals surface area contributed by atoms with Crippen LogP contribution in [0.2, 0.25) is 0 Å². The first-order chi connectivity index (χ1) is 17.3. The normalized spacial score (nSPS) is 17.8. The summed E-state index contributed by atoms with van der Waals surface area (Å²) in [5.74, 6) is 1.80. The molecule has 1 N–H and O–H groups in total. The van der Waals surface area contributed by atoms with Gasteiger partial charge in [0.2, 0.25) is 11.9 Å². The maximum absolute atomic E-state index is 12.9. The van der Waals surface area contributed by atoms with Crippen molar-refractivity contribution in [3.8, 4) is 11.7 Å². The molecule has 0 unspecified atom stereocenters. The summed E-state index contributed by atoms with van der Waals surface area (Å²) in [4.78, 5) is 16.8. The zero-order chi connectivity index (χ0) is 25.3. The Kier molecular flexibility index (Phi) is 6.75. The summed E-state index contributed by atoms with van der Waals surface area (Å²) in [5.41, 5.74) is 1.93. The predicted octanol–water partition coefficient (Wildman–Crippen LogP) is 2.14. The van der Waals surface area contributed by atoms with Gasteiger partial charge in [-0.2, -0.15) is 4.98 Å². The van der Waals surface area contributed by atoms with E-state index in [1.54, 1.807) is 13.8 Å². The number of imidazole rings is 1. The first-order valence-electron chi connectivity index (χ1n) is 12.1. The minimum absolute atomic E-state index is 0.310. The summed E-state index contributed by atoms with van der Waals surface area (Å²) in [6.45, 7) is 7.74. The number of nitrogens with zero attached hydrogens (tertiary/aromatic N) is 5. The van der Waals surface area contributed by atoms with Crippen molar-refractivity contribution in [2.75, 3.05) is 69.1 Å². The zero-order valence-electron chi connectivity index (χ0n) is 20.9. The van der Waals surface area contributed by atoms with E-state index in [4.69, 9.17) is 29.2 Å². The van der Waals surface area contributed by atoms with E-state index >= 15 is 0 Å². The van der Waals surface area contributed by atoms with Crippen LogP contribution in [0.4, 0.5) is 11.8 Å². The number of fused-ring (bicyclic) bond motifs is 2. The highest BCUT2D eigenvalue weighted by Gasteiger charge is 2.39. The number of morpholine rings is 1. The van der Waals surface area contributed by atoms with Crippen molar-refractivity contribution in [3.63, 3.8) is 0 Å². The van der Waals surface area contributed by atoms with Crippen molar-refractivity contribution >= 4 is 32.6 Å². The predicted molar refractivity (Wildman–Crippen MR) is 137 cm³/mol. The largest absolute Gasteiger partial charge is 0.488 e. The van der Waals surface area contributed by atoms with E-state index < -0.39 is 14.6 Å². The third-order valence-corrected chi connectivity index (χ3v) is 8.65. The molecule has 3 aromatic rings. The second-order valence-electron chi connectivity index (χ2n) is 9.41. The molecule has 0 radical (unpaired) electrons. The Bertz CT molecular complexity index is 1350. The third-order valence-electron chi connectivity index (χ3n) is 6.61. The van der Waals surface area contributed by atoms with Crippen LogP contribution < -0.4 is 15.0 Å². The molecule has 0 amide bonds. The fourth-order valence-corrected chi connectivity index (χ4v) is 4.73. The van der Waals surface area contributed by atoms with Gasteiger partial charge in [-0.15, -0.1) is 0 Å². The molecular weight excluding hydrogens is 484 g/mol. The van der Waals surface area contributed by atoms with Crippen LogP contribution in [-0.4, -0.2) is 86.9 Å². The van der Waals surface area contributed by atoms with E-state index in [0.717, 1.165) is 11.0 Å². The lowest BCUT2D eigenvalue weighted by Crippen LogP contribution is -2.38. The van der Waals surface area contributed by atoms with Crippen LogP contribution in [0.1, 0.15) is 26.0 Å². The maximum Gasteiger partial charge on any atom is 0.239 e. The maximum atomic E-state index is 12.9. The molecule has 4 heterocycles. The summed E-state index contributed by atoms with van der Waals surface area (Å²) in [6.07, 6.45) is 1.89. The molecule has 194 valence electrons. The van der Waals surface area contributed by atoms with Crippen LogP contribution in [0, 0.1) is 0 Å². The highest BCUT2D eigenvalue weighted by molar-refractivity contribution is 7.91. The Morgan fingerprint density at radius 1 is 0.972 bits per heavy atom. The lowest BCUT2D eigenvalue weighted by atomic mass is 10.1. The van der Waals surface area contributed by atoms with Gasteiger partial charge in [0.15, 0.2) is 21.4 Å². The van der Waals surface area contributed by atoms with Crippen molar-refractivity contribution in [2.45, 2.75) is 25.0 Å². The van der Waals surface area contributed by atoms with Gasteiger partial charge in [0.05, 0.1) is 37.5 Å². The highest BCUT2D eigenvalue weighted by atomic mass is 32.2. The van der Waals surface area contributed by atoms with Gasteiger partial charge >= 0.3 is 0 Å². The second kappa shape index (κ2) is 9.83. The molecule has 0 saturated carbocycles. The summed E-state index contributed by atoms with van der Waals surface area (Å²) >= 11 is 0. The molecule has 2 aliphatic rings. The van der Waals surface area contributed by atoms with E-state index in [2.05, 4.69) is 10.2 Å². The van der Waals surface area contributed by atoms with Gasteiger partial charge in [0, 0.05) is 38.9 Å². The van der Waals surface area contributed by atoms with Gasteiger partial charge in [0.25, 0.3) is 0 Å². The fourth-order valence-electron chi connectivity index (χ4n) is 4.24. The molecule has 2 aliphatic heterocycles. The van der Waals surface area contributed by atoms with E-state index in [9.17, 15) is 8.42 Å². The minimum Gasteiger partial charge on any atom is -0.488 e. The first-order valence-corrected chi connectivity index (χ1v) is 14.0. The van der Waals surface area contributed by atoms with Gasteiger partial charge in [-0.25, -0.2) is 23.0 Å². The van der Waals surface area contributed by atoms with Gasteiger partial charge in [-0.1, -0.05) is 12.1 Å². The van der Waals surface area contributed by atoms with E-state index in [-0.39, 0.29) is 0 Å². The van der Waals surface area contributed by atoms with Gasteiger partial charge < -0.3 is 24.4 Å². The Labute approximate surface area is 210 Å². The molecule has 1 aromatic carbocycles. The smallest absolute Gasteiger partial charge is 0.239 e. The Morgan fingerprint density at radius 2 is 1.72 bits per heavy atom. The van der Waals surface area contributed by atoms with Crippen LogP contribution in [0.25, 0.3) is 17.0 Å². The number of ether oxygens (including phenoxy) is 3. The molecule has 2 aromatic heterocycles. The molecule has 0 spiro atoms. The first kappa shape index (κ1) is 24.7. The lowest BCUT2D eigenvalue weighted by Gasteiger charge is -2.29. The third kappa shape index (κ3) is 4.60. The topological polar surface area (TPSA) is 121 Å². The molecule has 11 nitrogen and oxygen atoms in total. The van der Waals surface area contributed by atoms with Gasteiger partial charge in [0.1, 0.15) is 10.4 Å². The fraction of sp³-hybridized carbons (Fsp3) is 0.542. The summed E-state index contributed by atoms with van der Waals surface area (Å²) in [7, 11) is -3.56. The number of rotatable bonds is 4. The molecule has 5 rings (SSSR count). The average molecular weight is 517 g/mol. The monoisotopic (exact) mass is 516 g/mol. The molecule has 12 heteroatoms. The Hall–Kier alpha value is -2.96. The molecule has 36 heavy (non-hydrogen) atoms. The van der Waals surface area contributed by atoms with Crippen molar-refractivity contribution in [1.29, 1.82) is 0 Å². The molecule has 0 atom stereocenters. The number of nitrogens with one attached hydrogen (secondary N) is 1. The van der Waals surface area contributed by atoms with Gasteiger partial charge in [-0.3, -0.25) is 0 Å². The number of hydrogen-bond acceptors (Lipinski definition) is 10. The van der Waals surface area contributed by atoms with Crippen molar-refractivity contribution < 1.29 is 22.6 Å². The number of para-hydroxylation sites is 2. The van der Waals surface area contributed by atoms with Crippen LogP contribution in [0.15, 0.2) is 24.3 Å². The average Bonchev–Trinajstić information content (AvgIpc) is 3.26. The van der Waals surface area contributed by atoms with E-state index in [0.29, 0.717) is 88.2 Å². The quantitative estimate of drug-likeness (QED) is 0.552. The van der Waals surface area contributed by atoms with E-state index in [1.807, 2.05) is 28.8 Å².